The highest BCUT2D eigenvalue weighted by molar-refractivity contribution is 5.96. The molecule has 1 atom stereocenters. The van der Waals surface area contributed by atoms with Crippen LogP contribution in [-0.2, 0) is 16.1 Å². The third-order valence-corrected chi connectivity index (χ3v) is 5.45. The lowest BCUT2D eigenvalue weighted by Crippen LogP contribution is -2.59. The van der Waals surface area contributed by atoms with E-state index in [9.17, 15) is 14.4 Å². The molecule has 150 valence electrons. The van der Waals surface area contributed by atoms with Crippen molar-refractivity contribution in [2.24, 2.45) is 0 Å². The van der Waals surface area contributed by atoms with Crippen molar-refractivity contribution >= 4 is 17.7 Å². The molecule has 0 spiro atoms. The fraction of sp³-hybridized carbons (Fsp3) is 0.381. The van der Waals surface area contributed by atoms with Gasteiger partial charge in [-0.1, -0.05) is 29.8 Å². The normalized spacial score (nSPS) is 19.8. The SMILES string of the molecule is Cc1cccc(CN2CC(=O)N3CCN(C(=O)c4cncnc4)CCC3C2=O)c1. The highest BCUT2D eigenvalue weighted by Crippen LogP contribution is 2.21. The topological polar surface area (TPSA) is 86.7 Å². The molecule has 1 aromatic heterocycles. The molecule has 29 heavy (non-hydrogen) atoms. The van der Waals surface area contributed by atoms with Crippen LogP contribution >= 0.6 is 0 Å². The highest BCUT2D eigenvalue weighted by Gasteiger charge is 2.41. The standard InChI is InChI=1S/C21H23N5O3/c1-15-3-2-4-16(9-15)12-25-13-19(27)26-8-7-24(6-5-18(26)21(25)29)20(28)17-10-22-14-23-11-17/h2-4,9-11,14,18H,5-8,12-13H2,1H3. The molecule has 1 unspecified atom stereocenters. The van der Waals surface area contributed by atoms with Crippen molar-refractivity contribution in [3.05, 3.63) is 59.7 Å². The molecule has 3 heterocycles. The largest absolute Gasteiger partial charge is 0.337 e. The molecule has 2 aliphatic heterocycles. The molecule has 0 bridgehead atoms. The quantitative estimate of drug-likeness (QED) is 0.772. The Kier molecular flexibility index (Phi) is 5.24. The lowest BCUT2D eigenvalue weighted by atomic mass is 10.1. The molecule has 8 nitrogen and oxygen atoms in total. The van der Waals surface area contributed by atoms with Crippen molar-refractivity contribution in [2.45, 2.75) is 25.9 Å². The third kappa shape index (κ3) is 3.96. The van der Waals surface area contributed by atoms with Gasteiger partial charge in [0.15, 0.2) is 0 Å². The first-order chi connectivity index (χ1) is 14.0. The van der Waals surface area contributed by atoms with E-state index in [-0.39, 0.29) is 24.3 Å². The summed E-state index contributed by atoms with van der Waals surface area (Å²) in [6.45, 7) is 3.65. The predicted octanol–water partition coefficient (Wildman–Crippen LogP) is 0.871. The minimum absolute atomic E-state index is 0.0524. The molecular formula is C21H23N5O3. The molecule has 4 rings (SSSR count). The van der Waals surface area contributed by atoms with E-state index in [1.165, 1.54) is 18.7 Å². The molecule has 2 fully saturated rings. The van der Waals surface area contributed by atoms with Gasteiger partial charge in [0, 0.05) is 38.6 Å². The number of piperazine rings is 1. The Balaban J connectivity index is 1.48. The monoisotopic (exact) mass is 393 g/mol. The zero-order valence-corrected chi connectivity index (χ0v) is 16.3. The zero-order valence-electron chi connectivity index (χ0n) is 16.3. The average molecular weight is 393 g/mol. The van der Waals surface area contributed by atoms with Crippen molar-refractivity contribution in [1.29, 1.82) is 0 Å². The Morgan fingerprint density at radius 3 is 2.69 bits per heavy atom. The van der Waals surface area contributed by atoms with E-state index in [4.69, 9.17) is 0 Å². The van der Waals surface area contributed by atoms with Gasteiger partial charge in [-0.15, -0.1) is 0 Å². The molecule has 2 saturated heterocycles. The van der Waals surface area contributed by atoms with Crippen LogP contribution in [0.15, 0.2) is 43.0 Å². The lowest BCUT2D eigenvalue weighted by Gasteiger charge is -2.39. The Hall–Kier alpha value is -3.29. The summed E-state index contributed by atoms with van der Waals surface area (Å²) in [6, 6.07) is 7.43. The van der Waals surface area contributed by atoms with Crippen LogP contribution in [0.2, 0.25) is 0 Å². The summed E-state index contributed by atoms with van der Waals surface area (Å²) in [5, 5.41) is 0. The molecule has 0 aliphatic carbocycles. The minimum atomic E-state index is -0.522. The molecule has 0 saturated carbocycles. The van der Waals surface area contributed by atoms with Crippen LogP contribution < -0.4 is 0 Å². The van der Waals surface area contributed by atoms with Gasteiger partial charge in [0.25, 0.3) is 5.91 Å². The maximum Gasteiger partial charge on any atom is 0.257 e. The molecule has 3 amide bonds. The number of aryl methyl sites for hydroxylation is 1. The number of benzene rings is 1. The van der Waals surface area contributed by atoms with Gasteiger partial charge in [-0.3, -0.25) is 14.4 Å². The van der Waals surface area contributed by atoms with Gasteiger partial charge >= 0.3 is 0 Å². The number of fused-ring (bicyclic) bond motifs is 1. The Labute approximate surface area is 169 Å². The Morgan fingerprint density at radius 2 is 1.93 bits per heavy atom. The molecule has 8 heteroatoms. The van der Waals surface area contributed by atoms with E-state index in [0.29, 0.717) is 38.2 Å². The maximum absolute atomic E-state index is 13.1. The number of hydrogen-bond acceptors (Lipinski definition) is 5. The average Bonchev–Trinajstić information content (AvgIpc) is 2.96. The fourth-order valence-electron chi connectivity index (χ4n) is 3.99. The van der Waals surface area contributed by atoms with Crippen LogP contribution in [0.3, 0.4) is 0 Å². The van der Waals surface area contributed by atoms with Gasteiger partial charge in [0.05, 0.1) is 5.56 Å². The zero-order chi connectivity index (χ0) is 20.4. The van der Waals surface area contributed by atoms with Gasteiger partial charge in [-0.2, -0.15) is 0 Å². The summed E-state index contributed by atoms with van der Waals surface area (Å²) >= 11 is 0. The van der Waals surface area contributed by atoms with Gasteiger partial charge < -0.3 is 14.7 Å². The number of carbonyl (C=O) groups excluding carboxylic acids is 3. The first-order valence-electron chi connectivity index (χ1n) is 9.71. The van der Waals surface area contributed by atoms with Gasteiger partial charge in [-0.05, 0) is 18.9 Å². The van der Waals surface area contributed by atoms with E-state index in [1.54, 1.807) is 14.7 Å². The summed E-state index contributed by atoms with van der Waals surface area (Å²) in [5.41, 5.74) is 2.54. The predicted molar refractivity (Wildman–Crippen MR) is 105 cm³/mol. The molecule has 1 aromatic carbocycles. The molecular weight excluding hydrogens is 370 g/mol. The van der Waals surface area contributed by atoms with Crippen LogP contribution in [-0.4, -0.2) is 74.6 Å². The summed E-state index contributed by atoms with van der Waals surface area (Å²) in [4.78, 5) is 51.3. The van der Waals surface area contributed by atoms with Gasteiger partial charge in [0.1, 0.15) is 18.9 Å². The van der Waals surface area contributed by atoms with Crippen molar-refractivity contribution in [3.63, 3.8) is 0 Å². The second kappa shape index (κ2) is 7.98. The lowest BCUT2D eigenvalue weighted by molar-refractivity contribution is -0.156. The van der Waals surface area contributed by atoms with Crippen LogP contribution in [0.5, 0.6) is 0 Å². The van der Waals surface area contributed by atoms with E-state index in [1.807, 2.05) is 31.2 Å². The van der Waals surface area contributed by atoms with Crippen LogP contribution in [0, 0.1) is 6.92 Å². The van der Waals surface area contributed by atoms with Crippen LogP contribution in [0.1, 0.15) is 27.9 Å². The highest BCUT2D eigenvalue weighted by atomic mass is 16.2. The second-order valence-corrected chi connectivity index (χ2v) is 7.49. The molecule has 2 aromatic rings. The third-order valence-electron chi connectivity index (χ3n) is 5.45. The van der Waals surface area contributed by atoms with Crippen molar-refractivity contribution in [2.75, 3.05) is 26.2 Å². The van der Waals surface area contributed by atoms with Crippen molar-refractivity contribution < 1.29 is 14.4 Å². The van der Waals surface area contributed by atoms with E-state index in [0.717, 1.165) is 11.1 Å². The number of hydrogen-bond donors (Lipinski definition) is 0. The Bertz CT molecular complexity index is 933. The number of carbonyl (C=O) groups is 3. The maximum atomic E-state index is 13.1. The van der Waals surface area contributed by atoms with Crippen molar-refractivity contribution in [1.82, 2.24) is 24.7 Å². The number of rotatable bonds is 3. The summed E-state index contributed by atoms with van der Waals surface area (Å²) in [6.07, 6.45) is 4.76. The van der Waals surface area contributed by atoms with Gasteiger partial charge in [-0.25, -0.2) is 9.97 Å². The minimum Gasteiger partial charge on any atom is -0.337 e. The van der Waals surface area contributed by atoms with Crippen LogP contribution in [0.4, 0.5) is 0 Å². The van der Waals surface area contributed by atoms with E-state index < -0.39 is 6.04 Å². The smallest absolute Gasteiger partial charge is 0.257 e. The summed E-state index contributed by atoms with van der Waals surface area (Å²) in [5.74, 6) is -0.301. The first kappa shape index (κ1) is 19.0. The number of nitrogens with zero attached hydrogens (tertiary/aromatic N) is 5. The number of amides is 3. The molecule has 0 radical (unpaired) electrons. The first-order valence-corrected chi connectivity index (χ1v) is 9.71. The second-order valence-electron chi connectivity index (χ2n) is 7.49. The van der Waals surface area contributed by atoms with Crippen molar-refractivity contribution in [3.8, 4) is 0 Å². The van der Waals surface area contributed by atoms with E-state index in [2.05, 4.69) is 9.97 Å². The van der Waals surface area contributed by atoms with Crippen LogP contribution in [0.25, 0.3) is 0 Å². The van der Waals surface area contributed by atoms with Gasteiger partial charge in [0.2, 0.25) is 11.8 Å². The Morgan fingerprint density at radius 1 is 1.14 bits per heavy atom. The van der Waals surface area contributed by atoms with E-state index >= 15 is 0 Å². The molecule has 0 N–H and O–H groups in total. The summed E-state index contributed by atoms with van der Waals surface area (Å²) < 4.78 is 0. The summed E-state index contributed by atoms with van der Waals surface area (Å²) in [7, 11) is 0. The molecule has 2 aliphatic rings. The number of aromatic nitrogens is 2. The fourth-order valence-corrected chi connectivity index (χ4v) is 3.99.